The fraction of sp³-hybridized carbons (Fsp3) is 0.400. The molecule has 1 rings (SSSR count). The van der Waals surface area contributed by atoms with Crippen LogP contribution in [0.4, 0.5) is 0 Å². The summed E-state index contributed by atoms with van der Waals surface area (Å²) >= 11 is 0. The maximum Gasteiger partial charge on any atom is 0.254 e. The third kappa shape index (κ3) is 3.44. The number of carbonyl (C=O) groups is 3. The van der Waals surface area contributed by atoms with Crippen molar-refractivity contribution in [3.05, 3.63) is 36.0 Å². The van der Waals surface area contributed by atoms with Crippen LogP contribution >= 0.6 is 0 Å². The highest BCUT2D eigenvalue weighted by Crippen LogP contribution is 2.23. The molecule has 0 aromatic carbocycles. The molecule has 1 atom stereocenters. The zero-order chi connectivity index (χ0) is 15.1. The van der Waals surface area contributed by atoms with E-state index in [1.54, 1.807) is 18.2 Å². The lowest BCUT2D eigenvalue weighted by atomic mass is 10.1. The van der Waals surface area contributed by atoms with Crippen LogP contribution in [0.15, 0.2) is 36.0 Å². The Morgan fingerprint density at radius 2 is 2.25 bits per heavy atom. The predicted molar refractivity (Wildman–Crippen MR) is 76.9 cm³/mol. The Labute approximate surface area is 119 Å². The normalized spacial score (nSPS) is 16.7. The van der Waals surface area contributed by atoms with Gasteiger partial charge in [-0.1, -0.05) is 18.7 Å². The molecule has 5 heteroatoms. The van der Waals surface area contributed by atoms with Crippen molar-refractivity contribution in [2.75, 3.05) is 13.6 Å². The molecule has 1 aliphatic heterocycles. The summed E-state index contributed by atoms with van der Waals surface area (Å²) in [5.74, 6) is -0.429. The van der Waals surface area contributed by atoms with E-state index in [0.29, 0.717) is 18.5 Å². The lowest BCUT2D eigenvalue weighted by molar-refractivity contribution is -0.136. The summed E-state index contributed by atoms with van der Waals surface area (Å²) in [5.41, 5.74) is 1.50. The topological polar surface area (TPSA) is 66.5 Å². The van der Waals surface area contributed by atoms with Crippen LogP contribution in [0.3, 0.4) is 0 Å². The Morgan fingerprint density at radius 1 is 1.55 bits per heavy atom. The fourth-order valence-electron chi connectivity index (χ4n) is 2.20. The van der Waals surface area contributed by atoms with E-state index in [9.17, 15) is 14.4 Å². The summed E-state index contributed by atoms with van der Waals surface area (Å²) in [5, 5.41) is 2.54. The highest BCUT2D eigenvalue weighted by Gasteiger charge is 2.35. The minimum absolute atomic E-state index is 0.180. The predicted octanol–water partition coefficient (Wildman–Crippen LogP) is 0.981. The quantitative estimate of drug-likeness (QED) is 0.557. The molecule has 0 spiro atoms. The number of aldehydes is 1. The first-order chi connectivity index (χ1) is 9.56. The van der Waals surface area contributed by atoms with Crippen LogP contribution in [0.2, 0.25) is 0 Å². The van der Waals surface area contributed by atoms with Gasteiger partial charge in [-0.15, -0.1) is 0 Å². The molecule has 0 bridgehead atoms. The van der Waals surface area contributed by atoms with E-state index in [1.165, 1.54) is 11.9 Å². The second kappa shape index (κ2) is 7.43. The number of allylic oxidation sites excluding steroid dienone is 2. The molecule has 2 amide bonds. The Balaban J connectivity index is 2.93. The number of amides is 2. The van der Waals surface area contributed by atoms with E-state index in [-0.39, 0.29) is 18.2 Å². The minimum atomic E-state index is -0.609. The smallest absolute Gasteiger partial charge is 0.254 e. The monoisotopic (exact) mass is 276 g/mol. The van der Waals surface area contributed by atoms with Gasteiger partial charge in [0.2, 0.25) is 5.91 Å². The molecule has 0 radical (unpaired) electrons. The van der Waals surface area contributed by atoms with Crippen LogP contribution < -0.4 is 5.32 Å². The third-order valence-electron chi connectivity index (χ3n) is 3.24. The number of likely N-dealkylation sites (N-methyl/N-ethyl adjacent to an activating group) is 1. The van der Waals surface area contributed by atoms with Gasteiger partial charge in [-0.2, -0.15) is 0 Å². The Bertz CT molecular complexity index is 478. The molecule has 0 aromatic heterocycles. The number of rotatable bonds is 7. The first kappa shape index (κ1) is 15.9. The van der Waals surface area contributed by atoms with Crippen LogP contribution in [-0.4, -0.2) is 42.6 Å². The Hall–Kier alpha value is -2.17. The molecule has 5 nitrogen and oxygen atoms in total. The van der Waals surface area contributed by atoms with Crippen LogP contribution in [0, 0.1) is 0 Å². The second-order valence-electron chi connectivity index (χ2n) is 4.60. The molecule has 0 aliphatic carbocycles. The first-order valence-corrected chi connectivity index (χ1v) is 6.51. The number of hydrogen-bond donors (Lipinski definition) is 1. The highest BCUT2D eigenvalue weighted by molar-refractivity contribution is 6.02. The van der Waals surface area contributed by atoms with Crippen molar-refractivity contribution in [1.29, 1.82) is 0 Å². The molecule has 0 fully saturated rings. The van der Waals surface area contributed by atoms with Crippen LogP contribution in [0.25, 0.3) is 0 Å². The SMILES string of the molecule is C=C/C=C\C1=C(C)CN(C(CCC=O)C(=O)NC)C1=O. The van der Waals surface area contributed by atoms with E-state index in [0.717, 1.165) is 11.9 Å². The van der Waals surface area contributed by atoms with Gasteiger partial charge in [0, 0.05) is 25.6 Å². The summed E-state index contributed by atoms with van der Waals surface area (Å²) < 4.78 is 0. The van der Waals surface area contributed by atoms with Gasteiger partial charge >= 0.3 is 0 Å². The zero-order valence-corrected chi connectivity index (χ0v) is 11.9. The lowest BCUT2D eigenvalue weighted by Crippen LogP contribution is -2.47. The van der Waals surface area contributed by atoms with Crippen molar-refractivity contribution in [3.8, 4) is 0 Å². The number of nitrogens with zero attached hydrogens (tertiary/aromatic N) is 1. The maximum absolute atomic E-state index is 12.4. The van der Waals surface area contributed by atoms with Crippen molar-refractivity contribution in [3.63, 3.8) is 0 Å². The van der Waals surface area contributed by atoms with Crippen LogP contribution in [0.5, 0.6) is 0 Å². The number of hydrogen-bond acceptors (Lipinski definition) is 3. The highest BCUT2D eigenvalue weighted by atomic mass is 16.2. The molecule has 0 saturated carbocycles. The molecule has 0 saturated heterocycles. The molecule has 0 aromatic rings. The first-order valence-electron chi connectivity index (χ1n) is 6.51. The molecule has 1 heterocycles. The van der Waals surface area contributed by atoms with Crippen molar-refractivity contribution in [1.82, 2.24) is 10.2 Å². The maximum atomic E-state index is 12.4. The molecule has 108 valence electrons. The van der Waals surface area contributed by atoms with E-state index in [1.807, 2.05) is 6.92 Å². The van der Waals surface area contributed by atoms with E-state index in [4.69, 9.17) is 0 Å². The van der Waals surface area contributed by atoms with E-state index in [2.05, 4.69) is 11.9 Å². The van der Waals surface area contributed by atoms with Crippen LogP contribution in [-0.2, 0) is 14.4 Å². The van der Waals surface area contributed by atoms with Crippen molar-refractivity contribution in [2.45, 2.75) is 25.8 Å². The van der Waals surface area contributed by atoms with Gasteiger partial charge in [0.05, 0.1) is 0 Å². The van der Waals surface area contributed by atoms with Gasteiger partial charge in [-0.25, -0.2) is 0 Å². The summed E-state index contributed by atoms with van der Waals surface area (Å²) in [6, 6.07) is -0.609. The Kier molecular flexibility index (Phi) is 5.90. The lowest BCUT2D eigenvalue weighted by Gasteiger charge is -2.26. The molecule has 20 heavy (non-hydrogen) atoms. The summed E-state index contributed by atoms with van der Waals surface area (Å²) in [4.78, 5) is 36.3. The van der Waals surface area contributed by atoms with Crippen molar-refractivity contribution < 1.29 is 14.4 Å². The van der Waals surface area contributed by atoms with Crippen LogP contribution in [0.1, 0.15) is 19.8 Å². The molecular formula is C15H20N2O3. The molecule has 1 aliphatic rings. The Morgan fingerprint density at radius 3 is 2.80 bits per heavy atom. The van der Waals surface area contributed by atoms with Gasteiger partial charge in [0.15, 0.2) is 0 Å². The summed E-state index contributed by atoms with van der Waals surface area (Å²) in [7, 11) is 1.52. The molecule has 1 N–H and O–H groups in total. The zero-order valence-electron chi connectivity index (χ0n) is 11.9. The summed E-state index contributed by atoms with van der Waals surface area (Å²) in [6.07, 6.45) is 6.33. The standard InChI is InChI=1S/C15H20N2O3/c1-4-5-7-12-11(2)10-17(15(12)20)13(8-6-9-18)14(19)16-3/h4-5,7,9,13H,1,6,8,10H2,2-3H3,(H,16,19)/b7-5-. The average molecular weight is 276 g/mol. The van der Waals surface area contributed by atoms with Gasteiger partial charge in [-0.3, -0.25) is 9.59 Å². The third-order valence-corrected chi connectivity index (χ3v) is 3.24. The van der Waals surface area contributed by atoms with Gasteiger partial charge in [0.1, 0.15) is 12.3 Å². The average Bonchev–Trinajstić information content (AvgIpc) is 2.72. The van der Waals surface area contributed by atoms with E-state index < -0.39 is 6.04 Å². The largest absolute Gasteiger partial charge is 0.357 e. The van der Waals surface area contributed by atoms with Gasteiger partial charge in [0.25, 0.3) is 5.91 Å². The minimum Gasteiger partial charge on any atom is -0.357 e. The van der Waals surface area contributed by atoms with E-state index >= 15 is 0 Å². The van der Waals surface area contributed by atoms with Crippen molar-refractivity contribution >= 4 is 18.1 Å². The molecular weight excluding hydrogens is 256 g/mol. The molecule has 1 unspecified atom stereocenters. The summed E-state index contributed by atoms with van der Waals surface area (Å²) in [6.45, 7) is 5.84. The van der Waals surface area contributed by atoms with Gasteiger partial charge in [-0.05, 0) is 25.0 Å². The second-order valence-corrected chi connectivity index (χ2v) is 4.60. The fourth-order valence-corrected chi connectivity index (χ4v) is 2.20. The van der Waals surface area contributed by atoms with Gasteiger partial charge < -0.3 is 15.0 Å². The van der Waals surface area contributed by atoms with Crippen molar-refractivity contribution in [2.24, 2.45) is 0 Å². The number of carbonyl (C=O) groups excluding carboxylic acids is 3. The number of nitrogens with one attached hydrogen (secondary N) is 1.